The van der Waals surface area contributed by atoms with Gasteiger partial charge < -0.3 is 14.5 Å². The Balaban J connectivity index is 1.51. The van der Waals surface area contributed by atoms with Gasteiger partial charge in [-0.05, 0) is 12.1 Å². The highest BCUT2D eigenvalue weighted by atomic mass is 32.1. The highest BCUT2D eigenvalue weighted by Gasteiger charge is 2.22. The van der Waals surface area contributed by atoms with Crippen LogP contribution < -0.4 is 4.90 Å². The quantitative estimate of drug-likeness (QED) is 0.832. The molecule has 0 aliphatic carbocycles. The number of aromatic nitrogens is 2. The second-order valence-corrected chi connectivity index (χ2v) is 6.34. The molecule has 2 aromatic rings. The van der Waals surface area contributed by atoms with E-state index in [1.54, 1.807) is 13.3 Å². The molecule has 1 aliphatic heterocycles. The zero-order valence-electron chi connectivity index (χ0n) is 13.1. The van der Waals surface area contributed by atoms with Gasteiger partial charge in [0.25, 0.3) is 0 Å². The van der Waals surface area contributed by atoms with Crippen molar-refractivity contribution >= 4 is 23.1 Å². The summed E-state index contributed by atoms with van der Waals surface area (Å²) >= 11 is 1.54. The van der Waals surface area contributed by atoms with Gasteiger partial charge in [-0.3, -0.25) is 4.79 Å². The average Bonchev–Trinajstić information content (AvgIpc) is 3.03. The average molecular weight is 332 g/mol. The fraction of sp³-hybridized carbons (Fsp3) is 0.438. The van der Waals surface area contributed by atoms with Crippen molar-refractivity contribution in [2.24, 2.45) is 0 Å². The molecule has 0 saturated carbocycles. The summed E-state index contributed by atoms with van der Waals surface area (Å²) in [5, 5.41) is 2.85. The van der Waals surface area contributed by atoms with Gasteiger partial charge in [-0.25, -0.2) is 9.97 Å². The van der Waals surface area contributed by atoms with Gasteiger partial charge in [0.1, 0.15) is 10.8 Å². The van der Waals surface area contributed by atoms with Crippen molar-refractivity contribution in [3.8, 4) is 0 Å². The molecule has 0 N–H and O–H groups in total. The van der Waals surface area contributed by atoms with Crippen LogP contribution in [0.2, 0.25) is 0 Å². The summed E-state index contributed by atoms with van der Waals surface area (Å²) in [7, 11) is 1.65. The second-order valence-electron chi connectivity index (χ2n) is 5.40. The van der Waals surface area contributed by atoms with E-state index in [-0.39, 0.29) is 5.91 Å². The predicted molar refractivity (Wildman–Crippen MR) is 89.6 cm³/mol. The van der Waals surface area contributed by atoms with Gasteiger partial charge in [0.15, 0.2) is 0 Å². The van der Waals surface area contributed by atoms with E-state index in [0.29, 0.717) is 13.0 Å². The number of thiazole rings is 1. The topological polar surface area (TPSA) is 58.6 Å². The summed E-state index contributed by atoms with van der Waals surface area (Å²) in [5.41, 5.74) is 0.833. The molecular weight excluding hydrogens is 312 g/mol. The first-order valence-corrected chi connectivity index (χ1v) is 8.50. The first-order valence-electron chi connectivity index (χ1n) is 7.62. The van der Waals surface area contributed by atoms with Gasteiger partial charge in [-0.1, -0.05) is 6.07 Å². The number of pyridine rings is 1. The normalized spacial score (nSPS) is 15.0. The van der Waals surface area contributed by atoms with Crippen LogP contribution in [0.5, 0.6) is 0 Å². The lowest BCUT2D eigenvalue weighted by Crippen LogP contribution is -2.49. The lowest BCUT2D eigenvalue weighted by Gasteiger charge is -2.35. The van der Waals surface area contributed by atoms with Crippen molar-refractivity contribution in [1.82, 2.24) is 14.9 Å². The molecule has 1 aliphatic rings. The van der Waals surface area contributed by atoms with Gasteiger partial charge in [-0.15, -0.1) is 11.3 Å². The lowest BCUT2D eigenvalue weighted by atomic mass is 10.2. The van der Waals surface area contributed by atoms with Crippen LogP contribution in [0.15, 0.2) is 29.8 Å². The number of carbonyl (C=O) groups excluding carboxylic acids is 1. The summed E-state index contributed by atoms with van der Waals surface area (Å²) in [6, 6.07) is 5.90. The van der Waals surface area contributed by atoms with Crippen molar-refractivity contribution in [3.05, 3.63) is 40.5 Å². The zero-order valence-corrected chi connectivity index (χ0v) is 14.0. The minimum absolute atomic E-state index is 0.139. The third kappa shape index (κ3) is 4.05. The first-order chi connectivity index (χ1) is 11.3. The molecule has 1 amide bonds. The molecule has 23 heavy (non-hydrogen) atoms. The summed E-state index contributed by atoms with van der Waals surface area (Å²) < 4.78 is 5.06. The summed E-state index contributed by atoms with van der Waals surface area (Å²) in [6.07, 6.45) is 2.16. The number of hydrogen-bond donors (Lipinski definition) is 0. The van der Waals surface area contributed by atoms with E-state index in [9.17, 15) is 4.79 Å². The van der Waals surface area contributed by atoms with E-state index < -0.39 is 0 Å². The Bertz CT molecular complexity index is 639. The molecule has 1 fully saturated rings. The van der Waals surface area contributed by atoms with Crippen LogP contribution in [0.3, 0.4) is 0 Å². The number of amides is 1. The highest BCUT2D eigenvalue weighted by molar-refractivity contribution is 7.09. The van der Waals surface area contributed by atoms with Crippen LogP contribution in [0.1, 0.15) is 10.7 Å². The lowest BCUT2D eigenvalue weighted by molar-refractivity contribution is -0.130. The van der Waals surface area contributed by atoms with E-state index in [0.717, 1.165) is 42.7 Å². The molecule has 0 aromatic carbocycles. The molecule has 0 atom stereocenters. The monoisotopic (exact) mass is 332 g/mol. The molecular formula is C16H20N4O2S. The van der Waals surface area contributed by atoms with Crippen molar-refractivity contribution in [2.45, 2.75) is 13.0 Å². The molecule has 0 bridgehead atoms. The van der Waals surface area contributed by atoms with Crippen molar-refractivity contribution in [2.75, 3.05) is 38.2 Å². The van der Waals surface area contributed by atoms with Gasteiger partial charge in [-0.2, -0.15) is 0 Å². The van der Waals surface area contributed by atoms with E-state index in [1.165, 1.54) is 11.3 Å². The number of hydrogen-bond acceptors (Lipinski definition) is 6. The summed E-state index contributed by atoms with van der Waals surface area (Å²) in [5.74, 6) is 1.11. The van der Waals surface area contributed by atoms with Crippen molar-refractivity contribution < 1.29 is 9.53 Å². The maximum atomic E-state index is 12.4. The minimum Gasteiger partial charge on any atom is -0.378 e. The number of methoxy groups -OCH3 is 1. The Hall–Kier alpha value is -1.99. The smallest absolute Gasteiger partial charge is 0.228 e. The van der Waals surface area contributed by atoms with Crippen LogP contribution in [0.4, 0.5) is 5.82 Å². The maximum Gasteiger partial charge on any atom is 0.228 e. The van der Waals surface area contributed by atoms with Crippen molar-refractivity contribution in [3.63, 3.8) is 0 Å². The fourth-order valence-corrected chi connectivity index (χ4v) is 3.38. The first kappa shape index (κ1) is 15.9. The molecule has 2 aromatic heterocycles. The number of carbonyl (C=O) groups is 1. The van der Waals surface area contributed by atoms with Crippen LogP contribution >= 0.6 is 11.3 Å². The summed E-state index contributed by atoms with van der Waals surface area (Å²) in [4.78, 5) is 25.3. The summed E-state index contributed by atoms with van der Waals surface area (Å²) in [6.45, 7) is 3.58. The SMILES string of the molecule is COCc1nc(CC(=O)N2CCN(c3ccccn3)CC2)cs1. The van der Waals surface area contributed by atoms with E-state index in [2.05, 4.69) is 14.9 Å². The van der Waals surface area contributed by atoms with Crippen LogP contribution in [0, 0.1) is 0 Å². The Morgan fingerprint density at radius 1 is 1.30 bits per heavy atom. The Labute approximate surface area is 139 Å². The van der Waals surface area contributed by atoms with Gasteiger partial charge >= 0.3 is 0 Å². The molecule has 0 radical (unpaired) electrons. The molecule has 0 unspecified atom stereocenters. The Morgan fingerprint density at radius 3 is 2.83 bits per heavy atom. The van der Waals surface area contributed by atoms with Crippen LogP contribution in [0.25, 0.3) is 0 Å². The highest BCUT2D eigenvalue weighted by Crippen LogP contribution is 2.15. The van der Waals surface area contributed by atoms with E-state index >= 15 is 0 Å². The molecule has 1 saturated heterocycles. The number of nitrogens with zero attached hydrogens (tertiary/aromatic N) is 4. The van der Waals surface area contributed by atoms with Crippen LogP contribution in [-0.2, 0) is 22.6 Å². The molecule has 122 valence electrons. The predicted octanol–water partition coefficient (Wildman–Crippen LogP) is 1.58. The van der Waals surface area contributed by atoms with E-state index in [1.807, 2.05) is 28.5 Å². The molecule has 3 rings (SSSR count). The van der Waals surface area contributed by atoms with E-state index in [4.69, 9.17) is 4.74 Å². The maximum absolute atomic E-state index is 12.4. The number of piperazine rings is 1. The molecule has 7 heteroatoms. The zero-order chi connectivity index (χ0) is 16.1. The number of rotatable bonds is 5. The molecule has 6 nitrogen and oxygen atoms in total. The van der Waals surface area contributed by atoms with Gasteiger partial charge in [0.2, 0.25) is 5.91 Å². The molecule has 0 spiro atoms. The third-order valence-electron chi connectivity index (χ3n) is 3.81. The van der Waals surface area contributed by atoms with Crippen molar-refractivity contribution in [1.29, 1.82) is 0 Å². The third-order valence-corrected chi connectivity index (χ3v) is 4.68. The standard InChI is InChI=1S/C16H20N4O2S/c1-22-11-15-18-13(12-23-15)10-16(21)20-8-6-19(7-9-20)14-4-2-3-5-17-14/h2-5,12H,6-11H2,1H3. The van der Waals surface area contributed by atoms with Gasteiger partial charge in [0, 0.05) is 44.9 Å². The minimum atomic E-state index is 0.139. The fourth-order valence-electron chi connectivity index (χ4n) is 2.61. The Kier molecular flexibility index (Phi) is 5.19. The Morgan fingerprint density at radius 2 is 2.13 bits per heavy atom. The van der Waals surface area contributed by atoms with Crippen LogP contribution in [-0.4, -0.2) is 54.1 Å². The van der Waals surface area contributed by atoms with Gasteiger partial charge in [0.05, 0.1) is 18.7 Å². The number of ether oxygens (including phenoxy) is 1. The second kappa shape index (κ2) is 7.52. The molecule has 3 heterocycles. The number of anilines is 1. The largest absolute Gasteiger partial charge is 0.378 e.